The summed E-state index contributed by atoms with van der Waals surface area (Å²) in [5.74, 6) is 0.991. The van der Waals surface area contributed by atoms with E-state index in [1.807, 2.05) is 31.2 Å². The molecule has 3 aromatic rings. The van der Waals surface area contributed by atoms with Crippen LogP contribution in [0.2, 0.25) is 0 Å². The molecule has 8 heteroatoms. The van der Waals surface area contributed by atoms with Gasteiger partial charge in [0, 0.05) is 29.3 Å². The number of nitrogens with zero attached hydrogens (tertiary/aromatic N) is 4. The van der Waals surface area contributed by atoms with Crippen molar-refractivity contribution in [1.82, 2.24) is 14.8 Å². The Kier molecular flexibility index (Phi) is 4.20. The predicted octanol–water partition coefficient (Wildman–Crippen LogP) is 4.18. The highest BCUT2D eigenvalue weighted by Gasteiger charge is 2.39. The van der Waals surface area contributed by atoms with E-state index in [9.17, 15) is 14.9 Å². The molecule has 1 N–H and O–H groups in total. The largest absolute Gasteiger partial charge is 0.328 e. The Labute approximate surface area is 172 Å². The molecule has 0 bridgehead atoms. The van der Waals surface area contributed by atoms with Gasteiger partial charge in [-0.15, -0.1) is 5.10 Å². The molecule has 1 aliphatic heterocycles. The second-order valence-electron chi connectivity index (χ2n) is 7.59. The van der Waals surface area contributed by atoms with Crippen LogP contribution in [0.3, 0.4) is 0 Å². The number of para-hydroxylation sites is 1. The lowest BCUT2D eigenvalue weighted by Crippen LogP contribution is -2.31. The summed E-state index contributed by atoms with van der Waals surface area (Å²) in [7, 11) is 0. The minimum atomic E-state index is -0.684. The molecular weight excluding hydrogens is 382 g/mol. The fourth-order valence-electron chi connectivity index (χ4n) is 4.24. The number of benzene rings is 2. The van der Waals surface area contributed by atoms with E-state index in [4.69, 9.17) is 0 Å². The fraction of sp³-hybridized carbons (Fsp3) is 0.227. The molecule has 30 heavy (non-hydrogen) atoms. The average molecular weight is 401 g/mol. The first-order chi connectivity index (χ1) is 14.5. The minimum Gasteiger partial charge on any atom is -0.328 e. The van der Waals surface area contributed by atoms with Gasteiger partial charge < -0.3 is 5.32 Å². The second-order valence-corrected chi connectivity index (χ2v) is 7.59. The molecule has 1 atom stereocenters. The summed E-state index contributed by atoms with van der Waals surface area (Å²) in [6.07, 6.45) is 1.87. The number of nitro groups is 1. The van der Waals surface area contributed by atoms with Gasteiger partial charge in [0.1, 0.15) is 6.04 Å². The van der Waals surface area contributed by atoms with Crippen molar-refractivity contribution in [2.24, 2.45) is 0 Å². The molecule has 2 aliphatic rings. The molecule has 5 rings (SSSR count). The van der Waals surface area contributed by atoms with Crippen molar-refractivity contribution >= 4 is 17.4 Å². The zero-order chi connectivity index (χ0) is 20.8. The molecule has 1 aromatic heterocycles. The Hall–Kier alpha value is -3.81. The van der Waals surface area contributed by atoms with Crippen molar-refractivity contribution in [2.75, 3.05) is 5.32 Å². The van der Waals surface area contributed by atoms with E-state index in [1.54, 1.807) is 22.9 Å². The standard InChI is InChI=1S/C22H19N5O3/c1-13-6-4-7-14(12-13)21-24-22-23-16-9-5-11-18(28)19(16)20(26(22)25-21)15-8-2-3-10-17(15)27(29)30/h2-4,6-8,10,12,20H,5,9,11H2,1H3,(H,23,24,25). The number of aromatic nitrogens is 3. The van der Waals surface area contributed by atoms with Crippen LogP contribution in [0.25, 0.3) is 11.4 Å². The number of allylic oxidation sites excluding steroid dienone is 2. The monoisotopic (exact) mass is 401 g/mol. The Balaban J connectivity index is 1.73. The molecule has 8 nitrogen and oxygen atoms in total. The molecule has 0 amide bonds. The number of ketones is 1. The molecule has 0 saturated heterocycles. The first kappa shape index (κ1) is 18.2. The summed E-state index contributed by atoms with van der Waals surface area (Å²) < 4.78 is 1.61. The number of aryl methyl sites for hydroxylation is 1. The maximum absolute atomic E-state index is 12.9. The minimum absolute atomic E-state index is 0.00911. The number of carbonyl (C=O) groups is 1. The van der Waals surface area contributed by atoms with Crippen molar-refractivity contribution in [3.8, 4) is 11.4 Å². The molecule has 0 spiro atoms. The van der Waals surface area contributed by atoms with Crippen molar-refractivity contribution in [3.63, 3.8) is 0 Å². The van der Waals surface area contributed by atoms with Crippen molar-refractivity contribution < 1.29 is 9.72 Å². The van der Waals surface area contributed by atoms with E-state index in [-0.39, 0.29) is 11.5 Å². The lowest BCUT2D eigenvalue weighted by Gasteiger charge is -2.31. The topological polar surface area (TPSA) is 103 Å². The van der Waals surface area contributed by atoms with Gasteiger partial charge in [0.15, 0.2) is 11.6 Å². The van der Waals surface area contributed by atoms with Gasteiger partial charge in [0.2, 0.25) is 5.95 Å². The van der Waals surface area contributed by atoms with E-state index in [0.29, 0.717) is 35.8 Å². The number of carbonyl (C=O) groups excluding carboxylic acids is 1. The fourth-order valence-corrected chi connectivity index (χ4v) is 4.24. The van der Waals surface area contributed by atoms with Gasteiger partial charge in [-0.3, -0.25) is 14.9 Å². The summed E-state index contributed by atoms with van der Waals surface area (Å²) in [4.78, 5) is 28.9. The number of hydrogen-bond donors (Lipinski definition) is 1. The number of nitrogens with one attached hydrogen (secondary N) is 1. The first-order valence-corrected chi connectivity index (χ1v) is 9.83. The van der Waals surface area contributed by atoms with Crippen LogP contribution in [-0.2, 0) is 4.79 Å². The number of hydrogen-bond acceptors (Lipinski definition) is 6. The summed E-state index contributed by atoms with van der Waals surface area (Å²) >= 11 is 0. The molecule has 2 aromatic carbocycles. The summed E-state index contributed by atoms with van der Waals surface area (Å²) in [6.45, 7) is 1.99. The summed E-state index contributed by atoms with van der Waals surface area (Å²) in [5, 5.41) is 19.7. The molecule has 150 valence electrons. The third kappa shape index (κ3) is 2.88. The molecule has 0 radical (unpaired) electrons. The smallest absolute Gasteiger partial charge is 0.275 e. The highest BCUT2D eigenvalue weighted by atomic mass is 16.6. The van der Waals surface area contributed by atoms with Crippen LogP contribution < -0.4 is 5.32 Å². The van der Waals surface area contributed by atoms with Crippen LogP contribution in [0, 0.1) is 17.0 Å². The summed E-state index contributed by atoms with van der Waals surface area (Å²) in [6, 6.07) is 13.7. The quantitative estimate of drug-likeness (QED) is 0.522. The van der Waals surface area contributed by atoms with Gasteiger partial charge in [0.25, 0.3) is 5.69 Å². The van der Waals surface area contributed by atoms with Crippen molar-refractivity contribution in [3.05, 3.63) is 81.0 Å². The van der Waals surface area contributed by atoms with Crippen molar-refractivity contribution in [1.29, 1.82) is 0 Å². The Morgan fingerprint density at radius 1 is 1.17 bits per heavy atom. The normalized spacial score (nSPS) is 17.9. The maximum atomic E-state index is 12.9. The molecular formula is C22H19N5O3. The van der Waals surface area contributed by atoms with Gasteiger partial charge in [-0.1, -0.05) is 35.9 Å². The highest BCUT2D eigenvalue weighted by molar-refractivity contribution is 5.99. The summed E-state index contributed by atoms with van der Waals surface area (Å²) in [5.41, 5.74) is 3.66. The third-order valence-corrected chi connectivity index (χ3v) is 5.57. The van der Waals surface area contributed by atoms with Gasteiger partial charge in [0.05, 0.1) is 10.5 Å². The second kappa shape index (κ2) is 6.91. The molecule has 0 fully saturated rings. The van der Waals surface area contributed by atoms with E-state index >= 15 is 0 Å². The molecule has 1 unspecified atom stereocenters. The maximum Gasteiger partial charge on any atom is 0.275 e. The Bertz CT molecular complexity index is 1230. The number of nitro benzene ring substituents is 1. The van der Waals surface area contributed by atoms with Crippen LogP contribution in [0.15, 0.2) is 59.8 Å². The lowest BCUT2D eigenvalue weighted by molar-refractivity contribution is -0.385. The molecule has 2 heterocycles. The average Bonchev–Trinajstić information content (AvgIpc) is 3.16. The van der Waals surface area contributed by atoms with Crippen molar-refractivity contribution in [2.45, 2.75) is 32.2 Å². The highest BCUT2D eigenvalue weighted by Crippen LogP contribution is 2.43. The van der Waals surface area contributed by atoms with Crippen LogP contribution in [0.5, 0.6) is 0 Å². The Morgan fingerprint density at radius 3 is 2.80 bits per heavy atom. The molecule has 0 saturated carbocycles. The number of fused-ring (bicyclic) bond motifs is 1. The van der Waals surface area contributed by atoms with E-state index in [0.717, 1.165) is 23.2 Å². The van der Waals surface area contributed by atoms with Gasteiger partial charge in [-0.25, -0.2) is 4.68 Å². The van der Waals surface area contributed by atoms with Gasteiger partial charge >= 0.3 is 0 Å². The zero-order valence-electron chi connectivity index (χ0n) is 16.3. The number of rotatable bonds is 3. The van der Waals surface area contributed by atoms with Crippen LogP contribution in [0.4, 0.5) is 11.6 Å². The van der Waals surface area contributed by atoms with Gasteiger partial charge in [-0.2, -0.15) is 4.98 Å². The third-order valence-electron chi connectivity index (χ3n) is 5.57. The number of anilines is 1. The van der Waals surface area contributed by atoms with Crippen LogP contribution >= 0.6 is 0 Å². The predicted molar refractivity (Wildman–Crippen MR) is 111 cm³/mol. The first-order valence-electron chi connectivity index (χ1n) is 9.83. The van der Waals surface area contributed by atoms with Crippen LogP contribution in [0.1, 0.15) is 36.4 Å². The van der Waals surface area contributed by atoms with E-state index < -0.39 is 11.0 Å². The SMILES string of the molecule is Cc1cccc(-c2nc3n(n2)C(c2ccccc2[N+](=O)[O-])C2=C(CCCC2=O)N3)c1. The molecule has 1 aliphatic carbocycles. The Morgan fingerprint density at radius 2 is 2.00 bits per heavy atom. The van der Waals surface area contributed by atoms with Crippen LogP contribution in [-0.4, -0.2) is 25.5 Å². The zero-order valence-corrected chi connectivity index (χ0v) is 16.3. The van der Waals surface area contributed by atoms with Gasteiger partial charge in [-0.05, 0) is 31.9 Å². The lowest BCUT2D eigenvalue weighted by atomic mass is 9.85. The van der Waals surface area contributed by atoms with E-state index in [2.05, 4.69) is 15.4 Å². The van der Waals surface area contributed by atoms with E-state index in [1.165, 1.54) is 6.07 Å². The number of Topliss-reactive ketones (excluding diaryl/α,β-unsaturated/α-hetero) is 1.